The van der Waals surface area contributed by atoms with Crippen molar-refractivity contribution < 1.29 is 9.53 Å². The van der Waals surface area contributed by atoms with Gasteiger partial charge in [0.2, 0.25) is 0 Å². The first-order valence-electron chi connectivity index (χ1n) is 7.22. The second-order valence-electron chi connectivity index (χ2n) is 6.92. The molecule has 3 aliphatic carbocycles. The lowest BCUT2D eigenvalue weighted by Gasteiger charge is -2.45. The minimum absolute atomic E-state index is 0.0252. The molecule has 0 aromatic rings. The van der Waals surface area contributed by atoms with E-state index in [-0.39, 0.29) is 22.7 Å². The van der Waals surface area contributed by atoms with Crippen LogP contribution < -0.4 is 0 Å². The molecular weight excluding hydrogens is 224 g/mol. The van der Waals surface area contributed by atoms with Gasteiger partial charge in [0, 0.05) is 0 Å². The van der Waals surface area contributed by atoms with Crippen molar-refractivity contribution in [1.82, 2.24) is 0 Å². The first kappa shape index (κ1) is 12.3. The van der Waals surface area contributed by atoms with Gasteiger partial charge in [-0.15, -0.1) is 0 Å². The van der Waals surface area contributed by atoms with Crippen molar-refractivity contribution in [2.45, 2.75) is 46.0 Å². The van der Waals surface area contributed by atoms with Gasteiger partial charge in [-0.25, -0.2) is 0 Å². The summed E-state index contributed by atoms with van der Waals surface area (Å²) in [6.45, 7) is 8.79. The zero-order chi connectivity index (χ0) is 13.1. The summed E-state index contributed by atoms with van der Waals surface area (Å²) in [5.74, 6) is 1.28. The molecule has 5 atom stereocenters. The minimum Gasteiger partial charge on any atom is -0.469 e. The lowest BCUT2D eigenvalue weighted by Crippen LogP contribution is -2.40. The molecular formula is C16H24O2. The Morgan fingerprint density at radius 1 is 1.33 bits per heavy atom. The lowest BCUT2D eigenvalue weighted by atomic mass is 9.59. The molecule has 0 aliphatic heterocycles. The molecule has 18 heavy (non-hydrogen) atoms. The molecule has 0 amide bonds. The molecule has 0 spiro atoms. The molecule has 0 radical (unpaired) electrons. The molecule has 0 unspecified atom stereocenters. The highest BCUT2D eigenvalue weighted by Gasteiger charge is 2.71. The molecule has 3 aliphatic rings. The Morgan fingerprint density at radius 2 is 2.06 bits per heavy atom. The van der Waals surface area contributed by atoms with Gasteiger partial charge >= 0.3 is 5.97 Å². The zero-order valence-electron chi connectivity index (χ0n) is 11.8. The van der Waals surface area contributed by atoms with Crippen LogP contribution in [0.25, 0.3) is 0 Å². The predicted molar refractivity (Wildman–Crippen MR) is 70.9 cm³/mol. The molecule has 2 nitrogen and oxygen atoms in total. The van der Waals surface area contributed by atoms with Crippen molar-refractivity contribution in [3.63, 3.8) is 0 Å². The third kappa shape index (κ3) is 1.13. The SMILES string of the molecule is C=C(C)[C@]12CCC[C@]3(C)[C@@H](C(=O)OC)[C@H]1CC[C@@H]32. The molecule has 4 bridgehead atoms. The maximum absolute atomic E-state index is 12.3. The summed E-state index contributed by atoms with van der Waals surface area (Å²) >= 11 is 0. The molecule has 0 heterocycles. The molecule has 2 heteroatoms. The maximum atomic E-state index is 12.3. The van der Waals surface area contributed by atoms with Gasteiger partial charge in [0.05, 0.1) is 13.0 Å². The van der Waals surface area contributed by atoms with Crippen LogP contribution in [0.2, 0.25) is 0 Å². The summed E-state index contributed by atoms with van der Waals surface area (Å²) in [6.07, 6.45) is 6.13. The number of allylic oxidation sites excluding steroid dienone is 1. The summed E-state index contributed by atoms with van der Waals surface area (Å²) in [5, 5.41) is 0. The number of carbonyl (C=O) groups excluding carboxylic acids is 1. The minimum atomic E-state index is 0.0252. The van der Waals surface area contributed by atoms with E-state index in [1.807, 2.05) is 0 Å². The Hall–Kier alpha value is -0.790. The van der Waals surface area contributed by atoms with Gasteiger partial charge in [0.15, 0.2) is 0 Å². The van der Waals surface area contributed by atoms with E-state index >= 15 is 0 Å². The first-order valence-corrected chi connectivity index (χ1v) is 7.22. The van der Waals surface area contributed by atoms with Gasteiger partial charge < -0.3 is 4.74 Å². The van der Waals surface area contributed by atoms with Crippen LogP contribution in [0, 0.1) is 28.6 Å². The van der Waals surface area contributed by atoms with Crippen molar-refractivity contribution in [1.29, 1.82) is 0 Å². The summed E-state index contributed by atoms with van der Waals surface area (Å²) in [7, 11) is 1.54. The van der Waals surface area contributed by atoms with Crippen LogP contribution in [-0.4, -0.2) is 13.1 Å². The average Bonchev–Trinajstić information content (AvgIpc) is 2.76. The number of carbonyl (C=O) groups is 1. The Bertz CT molecular complexity index is 413. The highest BCUT2D eigenvalue weighted by molar-refractivity contribution is 5.75. The van der Waals surface area contributed by atoms with Gasteiger partial charge in [-0.2, -0.15) is 0 Å². The maximum Gasteiger partial charge on any atom is 0.309 e. The summed E-state index contributed by atoms with van der Waals surface area (Å²) in [4.78, 5) is 12.3. The van der Waals surface area contributed by atoms with E-state index in [2.05, 4.69) is 20.4 Å². The van der Waals surface area contributed by atoms with Gasteiger partial charge in [-0.05, 0) is 55.3 Å². The van der Waals surface area contributed by atoms with Crippen LogP contribution in [0.15, 0.2) is 12.2 Å². The molecule has 0 aromatic heterocycles. The standard InChI is InChI=1S/C16H24O2/c1-10(2)16-9-5-8-15(3)12(16)7-6-11(16)13(15)14(17)18-4/h11-13H,1,5-9H2,2-4H3/t11-,12+,13-,15+,16-/m1/s1. The molecule has 0 aromatic carbocycles. The van der Waals surface area contributed by atoms with Crippen LogP contribution in [-0.2, 0) is 9.53 Å². The number of esters is 1. The normalized spacial score (nSPS) is 49.2. The van der Waals surface area contributed by atoms with Gasteiger partial charge in [-0.1, -0.05) is 25.5 Å². The van der Waals surface area contributed by atoms with Gasteiger partial charge in [0.1, 0.15) is 0 Å². The van der Waals surface area contributed by atoms with E-state index in [1.165, 1.54) is 44.8 Å². The number of hydrogen-bond acceptors (Lipinski definition) is 2. The van der Waals surface area contributed by atoms with E-state index in [1.54, 1.807) is 0 Å². The van der Waals surface area contributed by atoms with Gasteiger partial charge in [-0.3, -0.25) is 4.79 Å². The van der Waals surface area contributed by atoms with Crippen molar-refractivity contribution in [2.24, 2.45) is 28.6 Å². The van der Waals surface area contributed by atoms with E-state index in [9.17, 15) is 4.79 Å². The smallest absolute Gasteiger partial charge is 0.309 e. The fourth-order valence-electron chi connectivity index (χ4n) is 6.02. The summed E-state index contributed by atoms with van der Waals surface area (Å²) in [6, 6.07) is 0. The molecule has 3 fully saturated rings. The van der Waals surface area contributed by atoms with Crippen LogP contribution in [0.5, 0.6) is 0 Å². The van der Waals surface area contributed by atoms with Crippen molar-refractivity contribution in [2.75, 3.05) is 7.11 Å². The van der Waals surface area contributed by atoms with Crippen molar-refractivity contribution in [3.8, 4) is 0 Å². The zero-order valence-corrected chi connectivity index (χ0v) is 11.8. The Kier molecular flexibility index (Phi) is 2.46. The second-order valence-corrected chi connectivity index (χ2v) is 6.92. The largest absolute Gasteiger partial charge is 0.469 e. The number of ether oxygens (including phenoxy) is 1. The average molecular weight is 248 g/mol. The fourth-order valence-corrected chi connectivity index (χ4v) is 6.02. The molecule has 100 valence electrons. The third-order valence-electron chi connectivity index (χ3n) is 6.51. The summed E-state index contributed by atoms with van der Waals surface area (Å²) < 4.78 is 5.12. The number of rotatable bonds is 2. The van der Waals surface area contributed by atoms with Crippen LogP contribution >= 0.6 is 0 Å². The van der Waals surface area contributed by atoms with E-state index in [4.69, 9.17) is 4.74 Å². The van der Waals surface area contributed by atoms with E-state index in [0.29, 0.717) is 11.8 Å². The topological polar surface area (TPSA) is 26.3 Å². The summed E-state index contributed by atoms with van der Waals surface area (Å²) in [5.41, 5.74) is 1.71. The molecule has 0 saturated heterocycles. The molecule has 0 N–H and O–H groups in total. The third-order valence-corrected chi connectivity index (χ3v) is 6.51. The predicted octanol–water partition coefficient (Wildman–Crippen LogP) is 3.57. The quantitative estimate of drug-likeness (QED) is 0.551. The Morgan fingerprint density at radius 3 is 2.61 bits per heavy atom. The fraction of sp³-hybridized carbons (Fsp3) is 0.812. The number of methoxy groups -OCH3 is 1. The molecule has 3 saturated carbocycles. The van der Waals surface area contributed by atoms with E-state index < -0.39 is 0 Å². The Labute approximate surface area is 110 Å². The second kappa shape index (κ2) is 3.61. The lowest BCUT2D eigenvalue weighted by molar-refractivity contribution is -0.153. The highest BCUT2D eigenvalue weighted by Crippen LogP contribution is 2.76. The first-order chi connectivity index (χ1) is 8.48. The number of hydrogen-bond donors (Lipinski definition) is 0. The van der Waals surface area contributed by atoms with E-state index in [0.717, 1.165) is 0 Å². The highest BCUT2D eigenvalue weighted by atomic mass is 16.5. The Balaban J connectivity index is 2.12. The van der Waals surface area contributed by atoms with Crippen LogP contribution in [0.1, 0.15) is 46.0 Å². The monoisotopic (exact) mass is 248 g/mol. The van der Waals surface area contributed by atoms with Gasteiger partial charge in [0.25, 0.3) is 0 Å². The van der Waals surface area contributed by atoms with Crippen molar-refractivity contribution >= 4 is 5.97 Å². The van der Waals surface area contributed by atoms with Crippen molar-refractivity contribution in [3.05, 3.63) is 12.2 Å². The molecule has 3 rings (SSSR count). The van der Waals surface area contributed by atoms with Crippen LogP contribution in [0.3, 0.4) is 0 Å². The van der Waals surface area contributed by atoms with Crippen LogP contribution in [0.4, 0.5) is 0 Å².